The summed E-state index contributed by atoms with van der Waals surface area (Å²) in [6.07, 6.45) is 2.68. The molecule has 2 aliphatic heterocycles. The van der Waals surface area contributed by atoms with Crippen LogP contribution in [0.3, 0.4) is 0 Å². The molecule has 4 rings (SSSR count). The maximum absolute atomic E-state index is 11.1. The van der Waals surface area contributed by atoms with Crippen molar-refractivity contribution in [2.45, 2.75) is 25.3 Å². The first-order valence-corrected chi connectivity index (χ1v) is 7.72. The zero-order valence-electron chi connectivity index (χ0n) is 12.3. The predicted octanol–water partition coefficient (Wildman–Crippen LogP) is 1.86. The number of benzene rings is 1. The molecule has 3 heterocycles. The third-order valence-electron chi connectivity index (χ3n) is 5.04. The summed E-state index contributed by atoms with van der Waals surface area (Å²) < 4.78 is 5.82. The highest BCUT2D eigenvalue weighted by Gasteiger charge is 2.44. The second kappa shape index (κ2) is 4.98. The molecule has 6 heteroatoms. The molecule has 0 radical (unpaired) electrons. The van der Waals surface area contributed by atoms with E-state index in [0.29, 0.717) is 6.01 Å². The topological polar surface area (TPSA) is 78.6 Å². The number of carbonyl (C=O) groups is 1. The number of oxazole rings is 1. The Balaban J connectivity index is 1.47. The Morgan fingerprint density at radius 1 is 1.36 bits per heavy atom. The van der Waals surface area contributed by atoms with Gasteiger partial charge in [0.05, 0.1) is 0 Å². The second-order valence-electron chi connectivity index (χ2n) is 6.43. The minimum atomic E-state index is -0.738. The Hall–Kier alpha value is -2.08. The van der Waals surface area contributed by atoms with Crippen LogP contribution < -0.4 is 10.2 Å². The zero-order chi connectivity index (χ0) is 15.2. The molecule has 2 fully saturated rings. The van der Waals surface area contributed by atoms with Crippen molar-refractivity contribution in [3.63, 3.8) is 0 Å². The van der Waals surface area contributed by atoms with Gasteiger partial charge in [-0.15, -0.1) is 0 Å². The fraction of sp³-hybridized carbons (Fsp3) is 0.500. The molecule has 0 aliphatic carbocycles. The van der Waals surface area contributed by atoms with Crippen LogP contribution in [-0.4, -0.2) is 41.7 Å². The number of para-hydroxylation sites is 2. The molecule has 1 spiro atoms. The minimum Gasteiger partial charge on any atom is -0.480 e. The van der Waals surface area contributed by atoms with E-state index in [9.17, 15) is 4.79 Å². The van der Waals surface area contributed by atoms with E-state index < -0.39 is 12.0 Å². The summed E-state index contributed by atoms with van der Waals surface area (Å²) in [5, 5.41) is 12.3. The Morgan fingerprint density at radius 2 is 2.14 bits per heavy atom. The number of fused-ring (bicyclic) bond motifs is 1. The van der Waals surface area contributed by atoms with Gasteiger partial charge >= 0.3 is 5.97 Å². The zero-order valence-corrected chi connectivity index (χ0v) is 12.3. The maximum Gasteiger partial charge on any atom is 0.320 e. The van der Waals surface area contributed by atoms with E-state index in [1.165, 1.54) is 0 Å². The van der Waals surface area contributed by atoms with Crippen LogP contribution in [0.4, 0.5) is 6.01 Å². The summed E-state index contributed by atoms with van der Waals surface area (Å²) >= 11 is 0. The molecule has 2 aliphatic rings. The predicted molar refractivity (Wildman–Crippen MR) is 81.9 cm³/mol. The largest absolute Gasteiger partial charge is 0.480 e. The van der Waals surface area contributed by atoms with Gasteiger partial charge in [-0.2, -0.15) is 4.98 Å². The van der Waals surface area contributed by atoms with Crippen LogP contribution in [0.15, 0.2) is 28.7 Å². The number of carboxylic acid groups (broad SMARTS) is 1. The van der Waals surface area contributed by atoms with Gasteiger partial charge in [0, 0.05) is 19.6 Å². The summed E-state index contributed by atoms with van der Waals surface area (Å²) in [5.74, 6) is -0.738. The normalized spacial score (nSPS) is 24.2. The number of aromatic nitrogens is 1. The van der Waals surface area contributed by atoms with E-state index in [2.05, 4.69) is 15.2 Å². The monoisotopic (exact) mass is 301 g/mol. The first-order valence-electron chi connectivity index (χ1n) is 7.72. The molecule has 116 valence electrons. The number of carboxylic acids is 1. The quantitative estimate of drug-likeness (QED) is 0.881. The first kappa shape index (κ1) is 13.6. The molecule has 0 unspecified atom stereocenters. The highest BCUT2D eigenvalue weighted by atomic mass is 16.4. The summed E-state index contributed by atoms with van der Waals surface area (Å²) in [7, 11) is 0. The van der Waals surface area contributed by atoms with Crippen LogP contribution in [-0.2, 0) is 4.79 Å². The third kappa shape index (κ3) is 2.23. The summed E-state index contributed by atoms with van der Waals surface area (Å²) in [5.41, 5.74) is 1.81. The van der Waals surface area contributed by atoms with Gasteiger partial charge in [0.2, 0.25) is 0 Å². The van der Waals surface area contributed by atoms with Crippen LogP contribution in [0.5, 0.6) is 0 Å². The fourth-order valence-electron chi connectivity index (χ4n) is 3.64. The van der Waals surface area contributed by atoms with Gasteiger partial charge in [-0.1, -0.05) is 12.1 Å². The summed E-state index contributed by atoms with van der Waals surface area (Å²) in [6, 6.07) is 8.06. The SMILES string of the molecule is O=C(O)[C@@H]1CC2(CCN(c3nc4ccccc4o3)CC2)CN1. The van der Waals surface area contributed by atoms with Gasteiger partial charge < -0.3 is 19.7 Å². The lowest BCUT2D eigenvalue weighted by Crippen LogP contribution is -2.41. The number of hydrogen-bond acceptors (Lipinski definition) is 5. The van der Waals surface area contributed by atoms with Crippen LogP contribution in [0.1, 0.15) is 19.3 Å². The Labute approximate surface area is 128 Å². The number of hydrogen-bond donors (Lipinski definition) is 2. The molecule has 0 saturated carbocycles. The molecule has 0 bridgehead atoms. The van der Waals surface area contributed by atoms with Crippen LogP contribution in [0, 0.1) is 5.41 Å². The molecule has 1 aromatic carbocycles. The van der Waals surface area contributed by atoms with Gasteiger partial charge in [-0.25, -0.2) is 0 Å². The minimum absolute atomic E-state index is 0.117. The number of piperidine rings is 1. The van der Waals surface area contributed by atoms with Crippen molar-refractivity contribution in [2.75, 3.05) is 24.5 Å². The Kier molecular flexibility index (Phi) is 3.07. The molecule has 2 N–H and O–H groups in total. The standard InChI is InChI=1S/C16H19N3O3/c20-14(21)12-9-16(10-17-12)5-7-19(8-6-16)15-18-11-3-1-2-4-13(11)22-15/h1-4,12,17H,5-10H2,(H,20,21)/t12-/m0/s1. The average Bonchev–Trinajstić information content (AvgIpc) is 3.13. The lowest BCUT2D eigenvalue weighted by molar-refractivity contribution is -0.139. The maximum atomic E-state index is 11.1. The van der Waals surface area contributed by atoms with Crippen LogP contribution in [0.2, 0.25) is 0 Å². The third-order valence-corrected chi connectivity index (χ3v) is 5.04. The fourth-order valence-corrected chi connectivity index (χ4v) is 3.64. The molecule has 0 amide bonds. The van der Waals surface area contributed by atoms with E-state index in [4.69, 9.17) is 9.52 Å². The number of nitrogens with one attached hydrogen (secondary N) is 1. The van der Waals surface area contributed by atoms with E-state index in [1.807, 2.05) is 24.3 Å². The van der Waals surface area contributed by atoms with Gasteiger partial charge in [0.15, 0.2) is 5.58 Å². The van der Waals surface area contributed by atoms with Crippen molar-refractivity contribution in [1.82, 2.24) is 10.3 Å². The molecular formula is C16H19N3O3. The highest BCUT2D eigenvalue weighted by Crippen LogP contribution is 2.40. The van der Waals surface area contributed by atoms with E-state index in [1.54, 1.807) is 0 Å². The molecule has 2 saturated heterocycles. The molecule has 2 aromatic rings. The van der Waals surface area contributed by atoms with Crippen molar-refractivity contribution in [3.8, 4) is 0 Å². The van der Waals surface area contributed by atoms with Crippen molar-refractivity contribution < 1.29 is 14.3 Å². The molecule has 1 atom stereocenters. The average molecular weight is 301 g/mol. The van der Waals surface area contributed by atoms with Crippen LogP contribution in [0.25, 0.3) is 11.1 Å². The van der Waals surface area contributed by atoms with Gasteiger partial charge in [-0.3, -0.25) is 4.79 Å². The second-order valence-corrected chi connectivity index (χ2v) is 6.43. The van der Waals surface area contributed by atoms with Crippen molar-refractivity contribution in [2.24, 2.45) is 5.41 Å². The molecule has 22 heavy (non-hydrogen) atoms. The first-order chi connectivity index (χ1) is 10.7. The Morgan fingerprint density at radius 3 is 2.82 bits per heavy atom. The summed E-state index contributed by atoms with van der Waals surface area (Å²) in [4.78, 5) is 17.8. The van der Waals surface area contributed by atoms with Crippen molar-refractivity contribution in [3.05, 3.63) is 24.3 Å². The molecular weight excluding hydrogens is 282 g/mol. The summed E-state index contributed by atoms with van der Waals surface area (Å²) in [6.45, 7) is 2.52. The van der Waals surface area contributed by atoms with E-state index in [0.717, 1.165) is 50.0 Å². The number of nitrogens with zero attached hydrogens (tertiary/aromatic N) is 2. The lowest BCUT2D eigenvalue weighted by atomic mass is 9.76. The number of aliphatic carboxylic acids is 1. The number of anilines is 1. The van der Waals surface area contributed by atoms with Gasteiger partial charge in [0.25, 0.3) is 6.01 Å². The van der Waals surface area contributed by atoms with Gasteiger partial charge in [-0.05, 0) is 36.8 Å². The number of rotatable bonds is 2. The highest BCUT2D eigenvalue weighted by molar-refractivity contribution is 5.74. The van der Waals surface area contributed by atoms with E-state index in [-0.39, 0.29) is 5.41 Å². The van der Waals surface area contributed by atoms with Crippen molar-refractivity contribution in [1.29, 1.82) is 0 Å². The molecule has 6 nitrogen and oxygen atoms in total. The smallest absolute Gasteiger partial charge is 0.320 e. The lowest BCUT2D eigenvalue weighted by Gasteiger charge is -2.38. The van der Waals surface area contributed by atoms with Gasteiger partial charge in [0.1, 0.15) is 11.6 Å². The van der Waals surface area contributed by atoms with Crippen LogP contribution >= 0.6 is 0 Å². The van der Waals surface area contributed by atoms with Crippen molar-refractivity contribution >= 4 is 23.1 Å². The Bertz CT molecular complexity index is 670. The van der Waals surface area contributed by atoms with E-state index >= 15 is 0 Å². The molecule has 1 aromatic heterocycles.